The lowest BCUT2D eigenvalue weighted by atomic mass is 10.0. The van der Waals surface area contributed by atoms with E-state index in [0.29, 0.717) is 12.0 Å². The third-order valence-corrected chi connectivity index (χ3v) is 4.91. The first kappa shape index (κ1) is 11.9. The minimum Gasteiger partial charge on any atom is -0.352 e. The largest absolute Gasteiger partial charge is 0.352 e. The van der Waals surface area contributed by atoms with Crippen LogP contribution in [0.15, 0.2) is 30.5 Å². The van der Waals surface area contributed by atoms with Gasteiger partial charge in [-0.3, -0.25) is 9.78 Å². The molecule has 2 aliphatic rings. The molecule has 20 heavy (non-hydrogen) atoms. The highest BCUT2D eigenvalue weighted by atomic mass is 16.2. The number of hydrogen-bond donors (Lipinski definition) is 1. The molecule has 2 fully saturated rings. The Hall–Kier alpha value is -1.90. The molecule has 3 heteroatoms. The Morgan fingerprint density at radius 3 is 3.00 bits per heavy atom. The van der Waals surface area contributed by atoms with Crippen molar-refractivity contribution >= 4 is 16.8 Å². The summed E-state index contributed by atoms with van der Waals surface area (Å²) in [6.07, 6.45) is 5.43. The van der Waals surface area contributed by atoms with Gasteiger partial charge in [0.05, 0.1) is 5.52 Å². The fourth-order valence-electron chi connectivity index (χ4n) is 3.26. The molecule has 0 aliphatic heterocycles. The van der Waals surface area contributed by atoms with Gasteiger partial charge in [-0.2, -0.15) is 0 Å². The molecule has 2 saturated carbocycles. The average Bonchev–Trinajstić information content (AvgIpc) is 3.39. The average molecular weight is 266 g/mol. The molecule has 2 aromatic rings. The molecule has 1 atom stereocenters. The van der Waals surface area contributed by atoms with Crippen molar-refractivity contribution in [3.8, 4) is 0 Å². The lowest BCUT2D eigenvalue weighted by Crippen LogP contribution is -2.25. The van der Waals surface area contributed by atoms with Crippen LogP contribution in [0.25, 0.3) is 10.9 Å². The summed E-state index contributed by atoms with van der Waals surface area (Å²) in [6, 6.07) is 8.21. The zero-order valence-corrected chi connectivity index (χ0v) is 11.6. The Morgan fingerprint density at radius 2 is 2.25 bits per heavy atom. The maximum absolute atomic E-state index is 12.1. The van der Waals surface area contributed by atoms with Gasteiger partial charge in [-0.1, -0.05) is 18.2 Å². The van der Waals surface area contributed by atoms with E-state index in [1.54, 1.807) is 0 Å². The Morgan fingerprint density at radius 1 is 1.40 bits per heavy atom. The quantitative estimate of drug-likeness (QED) is 0.928. The van der Waals surface area contributed by atoms with E-state index in [1.165, 1.54) is 18.4 Å². The summed E-state index contributed by atoms with van der Waals surface area (Å²) < 4.78 is 0. The maximum Gasteiger partial charge on any atom is 0.223 e. The van der Waals surface area contributed by atoms with Crippen molar-refractivity contribution in [2.45, 2.75) is 32.7 Å². The van der Waals surface area contributed by atoms with Crippen molar-refractivity contribution < 1.29 is 4.79 Å². The molecule has 1 spiro atoms. The molecule has 1 N–H and O–H groups in total. The molecule has 1 unspecified atom stereocenters. The minimum absolute atomic E-state index is 0.236. The molecule has 0 radical (unpaired) electrons. The van der Waals surface area contributed by atoms with Crippen LogP contribution in [0.2, 0.25) is 0 Å². The van der Waals surface area contributed by atoms with E-state index in [9.17, 15) is 4.79 Å². The molecule has 1 aromatic carbocycles. The molecular weight excluding hydrogens is 248 g/mol. The first-order valence-electron chi connectivity index (χ1n) is 7.31. The van der Waals surface area contributed by atoms with E-state index < -0.39 is 0 Å². The van der Waals surface area contributed by atoms with Crippen LogP contribution in [0.5, 0.6) is 0 Å². The molecule has 1 aromatic heterocycles. The fourth-order valence-corrected chi connectivity index (χ4v) is 3.26. The van der Waals surface area contributed by atoms with Gasteiger partial charge in [-0.05, 0) is 48.8 Å². The van der Waals surface area contributed by atoms with E-state index in [0.717, 1.165) is 22.9 Å². The molecule has 0 saturated heterocycles. The highest BCUT2D eigenvalue weighted by molar-refractivity contribution is 5.86. The van der Waals surface area contributed by atoms with Gasteiger partial charge in [-0.25, -0.2) is 0 Å². The number of fused-ring (bicyclic) bond motifs is 1. The molecule has 3 nitrogen and oxygen atoms in total. The molecule has 0 bridgehead atoms. The second-order valence-electron chi connectivity index (χ2n) is 6.28. The van der Waals surface area contributed by atoms with Crippen molar-refractivity contribution in [3.63, 3.8) is 0 Å². The number of benzene rings is 1. The monoisotopic (exact) mass is 266 g/mol. The van der Waals surface area contributed by atoms with Crippen molar-refractivity contribution in [1.82, 2.24) is 10.3 Å². The summed E-state index contributed by atoms with van der Waals surface area (Å²) in [7, 11) is 0. The third kappa shape index (κ3) is 1.80. The molecule has 1 amide bonds. The number of amides is 1. The normalized spacial score (nSPS) is 21.9. The van der Waals surface area contributed by atoms with Crippen molar-refractivity contribution in [2.75, 3.05) is 0 Å². The van der Waals surface area contributed by atoms with Gasteiger partial charge in [0.1, 0.15) is 0 Å². The van der Waals surface area contributed by atoms with E-state index in [1.807, 2.05) is 12.3 Å². The van der Waals surface area contributed by atoms with Crippen LogP contribution < -0.4 is 5.32 Å². The lowest BCUT2D eigenvalue weighted by Gasteiger charge is -2.09. The maximum atomic E-state index is 12.1. The number of hydrogen-bond acceptors (Lipinski definition) is 2. The molecule has 1 heterocycles. The molecular formula is C17H18N2O. The predicted octanol–water partition coefficient (Wildman–Crippen LogP) is 2.96. The second-order valence-corrected chi connectivity index (χ2v) is 6.28. The predicted molar refractivity (Wildman–Crippen MR) is 78.1 cm³/mol. The zero-order valence-electron chi connectivity index (χ0n) is 11.6. The third-order valence-electron chi connectivity index (χ3n) is 4.91. The second kappa shape index (κ2) is 4.05. The lowest BCUT2D eigenvalue weighted by molar-refractivity contribution is -0.122. The van der Waals surface area contributed by atoms with E-state index in [-0.39, 0.29) is 11.8 Å². The Kier molecular flexibility index (Phi) is 2.40. The van der Waals surface area contributed by atoms with Gasteiger partial charge in [0.2, 0.25) is 5.91 Å². The van der Waals surface area contributed by atoms with Crippen LogP contribution >= 0.6 is 0 Å². The minimum atomic E-state index is 0.236. The number of aromatic nitrogens is 1. The summed E-state index contributed by atoms with van der Waals surface area (Å²) >= 11 is 0. The summed E-state index contributed by atoms with van der Waals surface area (Å²) in [5.41, 5.74) is 3.79. The molecule has 2 aliphatic carbocycles. The Balaban J connectivity index is 1.54. The summed E-state index contributed by atoms with van der Waals surface area (Å²) in [4.78, 5) is 16.5. The van der Waals surface area contributed by atoms with Gasteiger partial charge in [0, 0.05) is 24.0 Å². The van der Waals surface area contributed by atoms with E-state index >= 15 is 0 Å². The highest BCUT2D eigenvalue weighted by Gasteiger charge is 2.65. The van der Waals surface area contributed by atoms with E-state index in [2.05, 4.69) is 35.4 Å². The SMILES string of the molecule is Cc1ccc(CNC(=O)C2CC23CC3)c2cccnc12. The highest BCUT2D eigenvalue weighted by Crippen LogP contribution is 2.70. The van der Waals surface area contributed by atoms with Crippen LogP contribution in [0, 0.1) is 18.3 Å². The molecule has 102 valence electrons. The Bertz CT molecular complexity index is 703. The van der Waals surface area contributed by atoms with Gasteiger partial charge in [0.25, 0.3) is 0 Å². The first-order valence-corrected chi connectivity index (χ1v) is 7.31. The van der Waals surface area contributed by atoms with Gasteiger partial charge < -0.3 is 5.32 Å². The van der Waals surface area contributed by atoms with E-state index in [4.69, 9.17) is 0 Å². The van der Waals surface area contributed by atoms with Crippen molar-refractivity contribution in [2.24, 2.45) is 11.3 Å². The topological polar surface area (TPSA) is 42.0 Å². The smallest absolute Gasteiger partial charge is 0.223 e. The van der Waals surface area contributed by atoms with Crippen LogP contribution in [0.4, 0.5) is 0 Å². The van der Waals surface area contributed by atoms with Crippen molar-refractivity contribution in [3.05, 3.63) is 41.6 Å². The standard InChI is InChI=1S/C17H18N2O/c1-11-4-5-12(13-3-2-8-18-15(11)13)10-19-16(20)14-9-17(14)6-7-17/h2-5,8,14H,6-7,9-10H2,1H3,(H,19,20). The number of pyridine rings is 1. The van der Waals surface area contributed by atoms with Crippen LogP contribution in [-0.2, 0) is 11.3 Å². The summed E-state index contributed by atoms with van der Waals surface area (Å²) in [5.74, 6) is 0.525. The first-order chi connectivity index (χ1) is 9.70. The number of carbonyl (C=O) groups excluding carboxylic acids is 1. The Labute approximate surface area is 118 Å². The van der Waals surface area contributed by atoms with Gasteiger partial charge in [-0.15, -0.1) is 0 Å². The van der Waals surface area contributed by atoms with Crippen LogP contribution in [0.1, 0.15) is 30.4 Å². The number of aryl methyl sites for hydroxylation is 1. The number of nitrogens with one attached hydrogen (secondary N) is 1. The van der Waals surface area contributed by atoms with Gasteiger partial charge >= 0.3 is 0 Å². The van der Waals surface area contributed by atoms with Crippen LogP contribution in [-0.4, -0.2) is 10.9 Å². The van der Waals surface area contributed by atoms with Crippen molar-refractivity contribution in [1.29, 1.82) is 0 Å². The number of nitrogens with zero attached hydrogens (tertiary/aromatic N) is 1. The summed E-state index contributed by atoms with van der Waals surface area (Å²) in [5, 5.41) is 4.24. The molecule has 4 rings (SSSR count). The van der Waals surface area contributed by atoms with Crippen LogP contribution in [0.3, 0.4) is 0 Å². The summed E-state index contributed by atoms with van der Waals surface area (Å²) in [6.45, 7) is 2.67. The fraction of sp³-hybridized carbons (Fsp3) is 0.412. The van der Waals surface area contributed by atoms with Gasteiger partial charge in [0.15, 0.2) is 0 Å². The number of rotatable bonds is 3. The number of carbonyl (C=O) groups is 1. The zero-order chi connectivity index (χ0) is 13.7.